The lowest BCUT2D eigenvalue weighted by Crippen LogP contribution is -2.40. The van der Waals surface area contributed by atoms with Gasteiger partial charge in [0.25, 0.3) is 0 Å². The average Bonchev–Trinajstić information content (AvgIpc) is 2.30. The Morgan fingerprint density at radius 3 is 2.75 bits per heavy atom. The minimum atomic E-state index is -0.502. The van der Waals surface area contributed by atoms with Crippen molar-refractivity contribution < 1.29 is 13.9 Å². The smallest absolute Gasteiger partial charge is 0.317 e. The van der Waals surface area contributed by atoms with Crippen molar-refractivity contribution in [3.05, 3.63) is 35.6 Å². The zero-order valence-electron chi connectivity index (χ0n) is 8.53. The van der Waals surface area contributed by atoms with Crippen LogP contribution in [-0.2, 0) is 4.74 Å². The van der Waals surface area contributed by atoms with Crippen LogP contribution in [0, 0.1) is 5.82 Å². The van der Waals surface area contributed by atoms with Crippen LogP contribution in [0.25, 0.3) is 0 Å². The van der Waals surface area contributed by atoms with Crippen molar-refractivity contribution >= 4 is 17.0 Å². The summed E-state index contributed by atoms with van der Waals surface area (Å²) in [5.41, 5.74) is 0.829. The van der Waals surface area contributed by atoms with Crippen molar-refractivity contribution in [1.29, 1.82) is 0 Å². The molecule has 0 aromatic heterocycles. The maximum Gasteiger partial charge on any atom is 0.317 e. The molecule has 16 heavy (non-hydrogen) atoms. The molecule has 1 amide bonds. The molecule has 0 N–H and O–H groups in total. The van der Waals surface area contributed by atoms with Gasteiger partial charge in [0.15, 0.2) is 0 Å². The molecule has 0 radical (unpaired) electrons. The predicted molar refractivity (Wildman–Crippen MR) is 57.9 cm³/mol. The molecule has 2 rings (SSSR count). The summed E-state index contributed by atoms with van der Waals surface area (Å²) < 4.78 is 18.1. The number of morpholine rings is 1. The SMILES string of the molecule is O=C(Cl)N1CCOCC1c1ccc(F)cc1. The van der Waals surface area contributed by atoms with Crippen molar-refractivity contribution in [3.8, 4) is 0 Å². The van der Waals surface area contributed by atoms with Crippen LogP contribution in [0.1, 0.15) is 11.6 Å². The summed E-state index contributed by atoms with van der Waals surface area (Å²) >= 11 is 5.49. The van der Waals surface area contributed by atoms with Crippen LogP contribution in [0.3, 0.4) is 0 Å². The molecule has 1 atom stereocenters. The Hall–Kier alpha value is -1.13. The second-order valence-electron chi connectivity index (χ2n) is 3.59. The molecule has 0 bridgehead atoms. The molecule has 0 spiro atoms. The van der Waals surface area contributed by atoms with E-state index in [1.54, 1.807) is 12.1 Å². The van der Waals surface area contributed by atoms with Gasteiger partial charge in [0, 0.05) is 6.54 Å². The van der Waals surface area contributed by atoms with Crippen LogP contribution in [0.5, 0.6) is 0 Å². The molecule has 1 aliphatic heterocycles. The van der Waals surface area contributed by atoms with Gasteiger partial charge in [-0.2, -0.15) is 0 Å². The number of hydrogen-bond donors (Lipinski definition) is 0. The number of halogens is 2. The normalized spacial score (nSPS) is 20.9. The first-order valence-electron chi connectivity index (χ1n) is 4.98. The highest BCUT2D eigenvalue weighted by molar-refractivity contribution is 6.62. The molecule has 0 aliphatic carbocycles. The van der Waals surface area contributed by atoms with E-state index in [9.17, 15) is 9.18 Å². The monoisotopic (exact) mass is 243 g/mol. The fourth-order valence-corrected chi connectivity index (χ4v) is 1.98. The van der Waals surface area contributed by atoms with Gasteiger partial charge in [0.05, 0.1) is 19.3 Å². The van der Waals surface area contributed by atoms with Crippen molar-refractivity contribution in [3.63, 3.8) is 0 Å². The Labute approximate surface area is 97.8 Å². The molecule has 1 fully saturated rings. The minimum absolute atomic E-state index is 0.223. The second kappa shape index (κ2) is 4.80. The number of ether oxygens (including phenoxy) is 1. The molecule has 1 unspecified atom stereocenters. The third-order valence-electron chi connectivity index (χ3n) is 2.61. The summed E-state index contributed by atoms with van der Waals surface area (Å²) in [4.78, 5) is 12.7. The number of carbonyl (C=O) groups is 1. The first-order chi connectivity index (χ1) is 7.68. The van der Waals surface area contributed by atoms with Crippen LogP contribution in [0.2, 0.25) is 0 Å². The van der Waals surface area contributed by atoms with E-state index in [-0.39, 0.29) is 11.9 Å². The van der Waals surface area contributed by atoms with Crippen LogP contribution in [0.15, 0.2) is 24.3 Å². The highest BCUT2D eigenvalue weighted by Gasteiger charge is 2.27. The lowest BCUT2D eigenvalue weighted by atomic mass is 10.1. The topological polar surface area (TPSA) is 29.5 Å². The predicted octanol–water partition coefficient (Wildman–Crippen LogP) is 2.56. The molecule has 1 aromatic rings. The van der Waals surface area contributed by atoms with E-state index < -0.39 is 5.37 Å². The number of carbonyl (C=O) groups excluding carboxylic acids is 1. The maximum absolute atomic E-state index is 12.8. The fraction of sp³-hybridized carbons (Fsp3) is 0.364. The summed E-state index contributed by atoms with van der Waals surface area (Å²) in [5, 5.41) is -0.502. The van der Waals surface area contributed by atoms with Gasteiger partial charge in [-0.3, -0.25) is 4.79 Å². The number of nitrogens with zero attached hydrogens (tertiary/aromatic N) is 1. The Balaban J connectivity index is 2.23. The third-order valence-corrected chi connectivity index (χ3v) is 2.83. The minimum Gasteiger partial charge on any atom is -0.377 e. The Morgan fingerprint density at radius 1 is 1.44 bits per heavy atom. The van der Waals surface area contributed by atoms with Crippen molar-refractivity contribution in [2.45, 2.75) is 6.04 Å². The van der Waals surface area contributed by atoms with Gasteiger partial charge < -0.3 is 9.64 Å². The van der Waals surface area contributed by atoms with Crippen molar-refractivity contribution in [2.24, 2.45) is 0 Å². The first-order valence-corrected chi connectivity index (χ1v) is 5.35. The fourth-order valence-electron chi connectivity index (χ4n) is 1.78. The van der Waals surface area contributed by atoms with Gasteiger partial charge in [-0.15, -0.1) is 0 Å². The molecular weight excluding hydrogens is 233 g/mol. The van der Waals surface area contributed by atoms with Gasteiger partial charge in [0.1, 0.15) is 5.82 Å². The Morgan fingerprint density at radius 2 is 2.12 bits per heavy atom. The number of benzene rings is 1. The molecule has 1 heterocycles. The molecule has 1 aliphatic rings. The average molecular weight is 244 g/mol. The summed E-state index contributed by atoms with van der Waals surface area (Å²) in [6.45, 7) is 1.34. The van der Waals surface area contributed by atoms with Crippen molar-refractivity contribution in [1.82, 2.24) is 4.90 Å². The number of amides is 1. The van der Waals surface area contributed by atoms with Crippen LogP contribution < -0.4 is 0 Å². The summed E-state index contributed by atoms with van der Waals surface area (Å²) in [5.74, 6) is -0.302. The molecule has 3 nitrogen and oxygen atoms in total. The quantitative estimate of drug-likeness (QED) is 0.560. The highest BCUT2D eigenvalue weighted by Crippen LogP contribution is 2.25. The van der Waals surface area contributed by atoms with E-state index in [0.29, 0.717) is 19.8 Å². The Bertz CT molecular complexity index is 382. The molecule has 86 valence electrons. The van der Waals surface area contributed by atoms with Gasteiger partial charge in [-0.1, -0.05) is 12.1 Å². The molecular formula is C11H11ClFNO2. The van der Waals surface area contributed by atoms with E-state index in [1.807, 2.05) is 0 Å². The standard InChI is InChI=1S/C11H11ClFNO2/c12-11(15)14-5-6-16-7-10(14)8-1-3-9(13)4-2-8/h1-4,10H,5-7H2. The molecule has 1 saturated heterocycles. The van der Waals surface area contributed by atoms with E-state index >= 15 is 0 Å². The molecule has 5 heteroatoms. The summed E-state index contributed by atoms with van der Waals surface area (Å²) in [6.07, 6.45) is 0. The van der Waals surface area contributed by atoms with Gasteiger partial charge in [-0.05, 0) is 29.3 Å². The maximum atomic E-state index is 12.8. The summed E-state index contributed by atoms with van der Waals surface area (Å²) in [7, 11) is 0. The lowest BCUT2D eigenvalue weighted by molar-refractivity contribution is 0.0172. The van der Waals surface area contributed by atoms with Crippen LogP contribution in [0.4, 0.5) is 9.18 Å². The van der Waals surface area contributed by atoms with Crippen LogP contribution in [-0.4, -0.2) is 30.0 Å². The van der Waals surface area contributed by atoms with Gasteiger partial charge in [-0.25, -0.2) is 4.39 Å². The van der Waals surface area contributed by atoms with E-state index in [0.717, 1.165) is 5.56 Å². The zero-order chi connectivity index (χ0) is 11.5. The summed E-state index contributed by atoms with van der Waals surface area (Å²) in [6, 6.07) is 5.78. The highest BCUT2D eigenvalue weighted by atomic mass is 35.5. The van der Waals surface area contributed by atoms with Crippen LogP contribution >= 0.6 is 11.6 Å². The first kappa shape index (κ1) is 11.4. The van der Waals surface area contributed by atoms with E-state index in [4.69, 9.17) is 16.3 Å². The molecule has 1 aromatic carbocycles. The molecule has 0 saturated carbocycles. The van der Waals surface area contributed by atoms with Gasteiger partial charge >= 0.3 is 5.37 Å². The Kier molecular flexibility index (Phi) is 3.41. The van der Waals surface area contributed by atoms with Crippen molar-refractivity contribution in [2.75, 3.05) is 19.8 Å². The zero-order valence-corrected chi connectivity index (χ0v) is 9.28. The van der Waals surface area contributed by atoms with Gasteiger partial charge in [0.2, 0.25) is 0 Å². The number of rotatable bonds is 1. The second-order valence-corrected chi connectivity index (χ2v) is 3.91. The van der Waals surface area contributed by atoms with E-state index in [1.165, 1.54) is 17.0 Å². The largest absolute Gasteiger partial charge is 0.377 e. The number of hydrogen-bond acceptors (Lipinski definition) is 2. The lowest BCUT2D eigenvalue weighted by Gasteiger charge is -2.34. The van der Waals surface area contributed by atoms with E-state index in [2.05, 4.69) is 0 Å². The third kappa shape index (κ3) is 2.33.